The van der Waals surface area contributed by atoms with Gasteiger partial charge in [0, 0.05) is 13.0 Å². The number of carbonyl (C=O) groups excluding carboxylic acids is 1. The number of amides is 1. The quantitative estimate of drug-likeness (QED) is 0.413. The van der Waals surface area contributed by atoms with Gasteiger partial charge in [0.05, 0.1) is 0 Å². The van der Waals surface area contributed by atoms with E-state index in [-0.39, 0.29) is 5.91 Å². The number of unbranched alkanes of at least 4 members (excludes halogenated alkanes) is 3. The van der Waals surface area contributed by atoms with Gasteiger partial charge < -0.3 is 5.32 Å². The van der Waals surface area contributed by atoms with E-state index in [1.54, 1.807) is 5.57 Å². The van der Waals surface area contributed by atoms with E-state index in [1.165, 1.54) is 44.9 Å². The van der Waals surface area contributed by atoms with Gasteiger partial charge in [-0.05, 0) is 50.9 Å². The minimum Gasteiger partial charge on any atom is -0.352 e. The lowest BCUT2D eigenvalue weighted by molar-refractivity contribution is -0.120. The van der Waals surface area contributed by atoms with Gasteiger partial charge in [-0.3, -0.25) is 4.79 Å². The zero-order valence-corrected chi connectivity index (χ0v) is 14.0. The van der Waals surface area contributed by atoms with Crippen LogP contribution in [0, 0.1) is 5.92 Å². The molecule has 0 aromatic heterocycles. The highest BCUT2D eigenvalue weighted by Crippen LogP contribution is 2.27. The molecule has 0 aliphatic heterocycles. The first-order chi connectivity index (χ1) is 10.1. The molecule has 21 heavy (non-hydrogen) atoms. The molecule has 1 rings (SSSR count). The number of rotatable bonds is 11. The molecule has 0 fully saturated rings. The van der Waals surface area contributed by atoms with Crippen LogP contribution in [0.4, 0.5) is 0 Å². The van der Waals surface area contributed by atoms with E-state index in [0.29, 0.717) is 13.0 Å². The topological polar surface area (TPSA) is 29.1 Å². The van der Waals surface area contributed by atoms with Crippen molar-refractivity contribution in [2.75, 3.05) is 6.54 Å². The molecule has 0 heterocycles. The third-order valence-electron chi connectivity index (χ3n) is 4.21. The molecule has 1 aliphatic rings. The van der Waals surface area contributed by atoms with Gasteiger partial charge in [-0.2, -0.15) is 0 Å². The van der Waals surface area contributed by atoms with Gasteiger partial charge in [-0.1, -0.05) is 50.5 Å². The van der Waals surface area contributed by atoms with E-state index in [4.69, 9.17) is 0 Å². The van der Waals surface area contributed by atoms with Gasteiger partial charge in [0.15, 0.2) is 0 Å². The van der Waals surface area contributed by atoms with Crippen LogP contribution in [0.1, 0.15) is 78.1 Å². The van der Waals surface area contributed by atoms with Crippen molar-refractivity contribution in [2.45, 2.75) is 78.1 Å². The number of allylic oxidation sites excluding steroid dienone is 2. The number of carbonyl (C=O) groups is 1. The minimum absolute atomic E-state index is 0.151. The molecule has 0 saturated heterocycles. The Kier molecular flexibility index (Phi) is 9.12. The van der Waals surface area contributed by atoms with Crippen molar-refractivity contribution in [2.24, 2.45) is 5.92 Å². The highest BCUT2D eigenvalue weighted by atomic mass is 16.1. The van der Waals surface area contributed by atoms with Crippen molar-refractivity contribution >= 4 is 5.91 Å². The number of hydrogen-bond donors (Lipinski definition) is 1. The van der Waals surface area contributed by atoms with Crippen LogP contribution < -0.4 is 5.32 Å². The lowest BCUT2D eigenvalue weighted by Crippen LogP contribution is -2.24. The van der Waals surface area contributed by atoms with E-state index in [2.05, 4.69) is 24.9 Å². The molecule has 1 unspecified atom stereocenters. The fourth-order valence-electron chi connectivity index (χ4n) is 2.89. The Bertz CT molecular complexity index is 357. The monoisotopic (exact) mass is 291 g/mol. The summed E-state index contributed by atoms with van der Waals surface area (Å²) in [5.74, 6) is 1.03. The molecule has 0 aromatic rings. The highest BCUT2D eigenvalue weighted by molar-refractivity contribution is 5.76. The van der Waals surface area contributed by atoms with E-state index in [9.17, 15) is 4.79 Å². The van der Waals surface area contributed by atoms with Crippen LogP contribution in [-0.2, 0) is 4.79 Å². The Morgan fingerprint density at radius 1 is 1.29 bits per heavy atom. The van der Waals surface area contributed by atoms with E-state index < -0.39 is 0 Å². The molecule has 120 valence electrons. The summed E-state index contributed by atoms with van der Waals surface area (Å²) in [4.78, 5) is 11.4. The maximum absolute atomic E-state index is 11.4. The summed E-state index contributed by atoms with van der Waals surface area (Å²) in [7, 11) is 0. The molecule has 1 amide bonds. The predicted octanol–water partition coefficient (Wildman–Crippen LogP) is 5.16. The Balaban J connectivity index is 1.91. The van der Waals surface area contributed by atoms with Gasteiger partial charge in [0.1, 0.15) is 0 Å². The predicted molar refractivity (Wildman–Crippen MR) is 91.2 cm³/mol. The maximum Gasteiger partial charge on any atom is 0.220 e. The zero-order valence-electron chi connectivity index (χ0n) is 14.0. The van der Waals surface area contributed by atoms with Gasteiger partial charge in [0.25, 0.3) is 0 Å². The maximum atomic E-state index is 11.4. The van der Waals surface area contributed by atoms with Crippen LogP contribution >= 0.6 is 0 Å². The average molecular weight is 291 g/mol. The first-order valence-corrected chi connectivity index (χ1v) is 8.73. The third kappa shape index (κ3) is 8.75. The Labute approximate surface area is 131 Å². The molecule has 1 atom stereocenters. The van der Waals surface area contributed by atoms with E-state index >= 15 is 0 Å². The summed E-state index contributed by atoms with van der Waals surface area (Å²) in [5.41, 5.74) is 2.84. The highest BCUT2D eigenvalue weighted by Gasteiger charge is 2.11. The van der Waals surface area contributed by atoms with Gasteiger partial charge >= 0.3 is 0 Å². The van der Waals surface area contributed by atoms with Crippen LogP contribution in [0.15, 0.2) is 23.8 Å². The van der Waals surface area contributed by atoms with Crippen molar-refractivity contribution < 1.29 is 4.79 Å². The molecular weight excluding hydrogens is 258 g/mol. The largest absolute Gasteiger partial charge is 0.352 e. The molecule has 2 nitrogen and oxygen atoms in total. The Hall–Kier alpha value is -1.05. The molecule has 2 heteroatoms. The molecule has 1 N–H and O–H groups in total. The van der Waals surface area contributed by atoms with Crippen molar-refractivity contribution in [3.63, 3.8) is 0 Å². The SMILES string of the molecule is C=C(CCCCCCC1=CCC(C)C1)CNC(=O)CCC. The van der Waals surface area contributed by atoms with Crippen molar-refractivity contribution in [3.8, 4) is 0 Å². The molecule has 0 aromatic carbocycles. The molecule has 0 spiro atoms. The molecule has 0 bridgehead atoms. The summed E-state index contributed by atoms with van der Waals surface area (Å²) in [6.07, 6.45) is 14.1. The van der Waals surface area contributed by atoms with Crippen LogP contribution in [0.2, 0.25) is 0 Å². The lowest BCUT2D eigenvalue weighted by Gasteiger charge is -2.08. The summed E-state index contributed by atoms with van der Waals surface area (Å²) in [5, 5.41) is 2.93. The normalized spacial score (nSPS) is 17.6. The molecule has 1 aliphatic carbocycles. The molecule has 0 saturated carbocycles. The summed E-state index contributed by atoms with van der Waals surface area (Å²) in [6.45, 7) is 9.07. The smallest absolute Gasteiger partial charge is 0.220 e. The van der Waals surface area contributed by atoms with Gasteiger partial charge in [-0.25, -0.2) is 0 Å². The fourth-order valence-corrected chi connectivity index (χ4v) is 2.89. The second kappa shape index (κ2) is 10.6. The Morgan fingerprint density at radius 3 is 2.71 bits per heavy atom. The second-order valence-electron chi connectivity index (χ2n) is 6.60. The number of nitrogens with one attached hydrogen (secondary N) is 1. The van der Waals surface area contributed by atoms with Gasteiger partial charge in [0.2, 0.25) is 5.91 Å². The standard InChI is InChI=1S/C19H33NO/c1-4-9-19(21)20-15-17(3)10-7-5-6-8-11-18-13-12-16(2)14-18/h13,16H,3-12,14-15H2,1-2H3,(H,20,21). The summed E-state index contributed by atoms with van der Waals surface area (Å²) < 4.78 is 0. The third-order valence-corrected chi connectivity index (χ3v) is 4.21. The summed E-state index contributed by atoms with van der Waals surface area (Å²) >= 11 is 0. The molecular formula is C19H33NO. The van der Waals surface area contributed by atoms with E-state index in [0.717, 1.165) is 24.3 Å². The zero-order chi connectivity index (χ0) is 15.5. The van der Waals surface area contributed by atoms with Gasteiger partial charge in [-0.15, -0.1) is 0 Å². The van der Waals surface area contributed by atoms with Crippen LogP contribution in [-0.4, -0.2) is 12.5 Å². The van der Waals surface area contributed by atoms with E-state index in [1.807, 2.05) is 6.92 Å². The average Bonchev–Trinajstić information content (AvgIpc) is 2.86. The summed E-state index contributed by atoms with van der Waals surface area (Å²) in [6, 6.07) is 0. The van der Waals surface area contributed by atoms with Crippen LogP contribution in [0.25, 0.3) is 0 Å². The lowest BCUT2D eigenvalue weighted by atomic mass is 10.0. The van der Waals surface area contributed by atoms with Crippen molar-refractivity contribution in [1.29, 1.82) is 0 Å². The minimum atomic E-state index is 0.151. The van der Waals surface area contributed by atoms with Crippen molar-refractivity contribution in [3.05, 3.63) is 23.8 Å². The fraction of sp³-hybridized carbons (Fsp3) is 0.737. The Morgan fingerprint density at radius 2 is 2.05 bits per heavy atom. The number of hydrogen-bond acceptors (Lipinski definition) is 1. The molecule has 0 radical (unpaired) electrons. The first-order valence-electron chi connectivity index (χ1n) is 8.73. The van der Waals surface area contributed by atoms with Crippen LogP contribution in [0.3, 0.4) is 0 Å². The second-order valence-corrected chi connectivity index (χ2v) is 6.60. The first kappa shape index (κ1) is 18.0. The van der Waals surface area contributed by atoms with Crippen molar-refractivity contribution in [1.82, 2.24) is 5.32 Å². The van der Waals surface area contributed by atoms with Crippen LogP contribution in [0.5, 0.6) is 0 Å².